The number of pyridine rings is 2. The Balaban J connectivity index is 0. The van der Waals surface area contributed by atoms with E-state index in [1.165, 1.54) is 0 Å². The summed E-state index contributed by atoms with van der Waals surface area (Å²) in [5, 5.41) is 44.1. The number of nitro groups is 4. The van der Waals surface area contributed by atoms with E-state index in [4.69, 9.17) is 17.3 Å². The van der Waals surface area contributed by atoms with Crippen LogP contribution < -0.4 is 11.1 Å². The molecule has 0 saturated carbocycles. The van der Waals surface area contributed by atoms with Crippen molar-refractivity contribution in [3.8, 4) is 0 Å². The van der Waals surface area contributed by atoms with Crippen LogP contribution in [0.25, 0.3) is 0 Å². The van der Waals surface area contributed by atoms with E-state index in [9.17, 15) is 40.5 Å². The largest absolute Gasteiger partial charge is 0.363 e. The van der Waals surface area contributed by atoms with Crippen LogP contribution in [0.1, 0.15) is 7.43 Å². The van der Waals surface area contributed by atoms with E-state index in [0.717, 1.165) is 37.6 Å². The van der Waals surface area contributed by atoms with Gasteiger partial charge in [0.25, 0.3) is 11.4 Å². The van der Waals surface area contributed by atoms with Crippen LogP contribution in [0.3, 0.4) is 0 Å². The quantitative estimate of drug-likeness (QED) is 0.240. The zero-order valence-electron chi connectivity index (χ0n) is 20.4. The van der Waals surface area contributed by atoms with Crippen molar-refractivity contribution in [3.63, 3.8) is 0 Å². The fraction of sp³-hybridized carbons (Fsp3) is 0.474. The molecule has 0 aliphatic carbocycles. The highest BCUT2D eigenvalue weighted by Gasteiger charge is 2.21. The Bertz CT molecular complexity index is 1090. The third kappa shape index (κ3) is 13.8. The summed E-state index contributed by atoms with van der Waals surface area (Å²) in [6, 6.07) is 1.65. The van der Waals surface area contributed by atoms with Gasteiger partial charge in [0.2, 0.25) is 11.0 Å². The van der Waals surface area contributed by atoms with Crippen molar-refractivity contribution in [2.45, 2.75) is 7.43 Å². The lowest BCUT2D eigenvalue weighted by molar-refractivity contribution is -0.394. The lowest BCUT2D eigenvalue weighted by Crippen LogP contribution is -2.21. The number of nitrogens with one attached hydrogen (secondary N) is 1. The summed E-state index contributed by atoms with van der Waals surface area (Å²) in [4.78, 5) is 49.7. The molecule has 3 N–H and O–H groups in total. The molecule has 0 aromatic carbocycles. The first-order valence-electron chi connectivity index (χ1n) is 10.2. The van der Waals surface area contributed by atoms with Crippen LogP contribution in [0, 0.1) is 40.5 Å². The van der Waals surface area contributed by atoms with Gasteiger partial charge >= 0.3 is 11.4 Å². The van der Waals surface area contributed by atoms with Crippen LogP contribution in [-0.4, -0.2) is 93.8 Å². The highest BCUT2D eigenvalue weighted by molar-refractivity contribution is 6.31. The Morgan fingerprint density at radius 2 is 1.26 bits per heavy atom. The van der Waals surface area contributed by atoms with E-state index in [2.05, 4.69) is 20.2 Å². The molecule has 0 amide bonds. The van der Waals surface area contributed by atoms with E-state index in [1.54, 1.807) is 0 Å². The maximum absolute atomic E-state index is 10.8. The molecular formula is C19H31ClN10O8. The summed E-state index contributed by atoms with van der Waals surface area (Å²) in [6.45, 7) is 2.86. The van der Waals surface area contributed by atoms with Crippen molar-refractivity contribution in [2.24, 2.45) is 5.73 Å². The lowest BCUT2D eigenvalue weighted by Gasteiger charge is -2.10. The van der Waals surface area contributed by atoms with Crippen LogP contribution in [0.4, 0.5) is 28.6 Å². The Morgan fingerprint density at radius 3 is 1.63 bits per heavy atom. The number of likely N-dealkylation sites (N-methyl/N-ethyl adjacent to an activating group) is 2. The second-order valence-corrected chi connectivity index (χ2v) is 7.77. The zero-order valence-corrected chi connectivity index (χ0v) is 21.2. The smallest absolute Gasteiger partial charge is 0.318 e. The van der Waals surface area contributed by atoms with Gasteiger partial charge in [-0.15, -0.1) is 0 Å². The number of aromatic nitrogens is 2. The monoisotopic (exact) mass is 562 g/mol. The maximum Gasteiger partial charge on any atom is 0.318 e. The normalized spacial score (nSPS) is 9.79. The molecule has 38 heavy (non-hydrogen) atoms. The fourth-order valence-electron chi connectivity index (χ4n) is 2.13. The molecule has 0 unspecified atom stereocenters. The summed E-state index contributed by atoms with van der Waals surface area (Å²) in [6.07, 6.45) is 1.85. The highest BCUT2D eigenvalue weighted by Crippen LogP contribution is 2.26. The Morgan fingerprint density at radius 1 is 0.816 bits per heavy atom. The maximum atomic E-state index is 10.8. The summed E-state index contributed by atoms with van der Waals surface area (Å²) >= 11 is 5.32. The predicted octanol–water partition coefficient (Wildman–Crippen LogP) is 2.57. The molecular weight excluding hydrogens is 532 g/mol. The number of anilines is 1. The minimum Gasteiger partial charge on any atom is -0.363 e. The molecule has 0 bridgehead atoms. The van der Waals surface area contributed by atoms with E-state index in [0.29, 0.717) is 13.1 Å². The van der Waals surface area contributed by atoms with Crippen molar-refractivity contribution in [1.29, 1.82) is 0 Å². The Hall–Kier alpha value is -4.13. The van der Waals surface area contributed by atoms with Crippen LogP contribution in [0.2, 0.25) is 5.15 Å². The van der Waals surface area contributed by atoms with Crippen LogP contribution in [0.5, 0.6) is 0 Å². The molecule has 0 fully saturated rings. The summed E-state index contributed by atoms with van der Waals surface area (Å²) < 4.78 is 0. The van der Waals surface area contributed by atoms with Crippen molar-refractivity contribution in [2.75, 3.05) is 59.7 Å². The van der Waals surface area contributed by atoms with Gasteiger partial charge in [0.15, 0.2) is 0 Å². The first-order chi connectivity index (χ1) is 17.2. The SMILES string of the molecule is C.CN(C)CCN.CN(C)CCNc1ncc([N+](=O)[O-])cc1[N+](=O)[O-].O=[N+]([O-])c1cnc(Cl)c([N+](=O)[O-])c1. The van der Waals surface area contributed by atoms with Gasteiger partial charge in [-0.2, -0.15) is 0 Å². The molecule has 2 aromatic heterocycles. The summed E-state index contributed by atoms with van der Waals surface area (Å²) in [7, 11) is 7.73. The molecule has 0 radical (unpaired) electrons. The number of nitrogens with two attached hydrogens (primary N) is 1. The van der Waals surface area contributed by atoms with E-state index < -0.39 is 42.4 Å². The minimum atomic E-state index is -0.831. The second-order valence-electron chi connectivity index (χ2n) is 7.42. The van der Waals surface area contributed by atoms with Crippen LogP contribution >= 0.6 is 11.6 Å². The van der Waals surface area contributed by atoms with E-state index >= 15 is 0 Å². The number of hydrogen-bond acceptors (Lipinski definition) is 14. The second kappa shape index (κ2) is 18.2. The highest BCUT2D eigenvalue weighted by atomic mass is 35.5. The van der Waals surface area contributed by atoms with Gasteiger partial charge in [-0.05, 0) is 28.2 Å². The van der Waals surface area contributed by atoms with E-state index in [1.807, 2.05) is 33.1 Å². The third-order valence-corrected chi connectivity index (χ3v) is 4.19. The summed E-state index contributed by atoms with van der Waals surface area (Å²) in [5.41, 5.74) is 3.35. The Labute approximate surface area is 223 Å². The van der Waals surface area contributed by atoms with Gasteiger partial charge < -0.3 is 20.9 Å². The predicted molar refractivity (Wildman–Crippen MR) is 141 cm³/mol. The van der Waals surface area contributed by atoms with Crippen LogP contribution in [0.15, 0.2) is 24.5 Å². The molecule has 2 heterocycles. The average molecular weight is 563 g/mol. The minimum absolute atomic E-state index is 0. The number of rotatable bonds is 10. The average Bonchev–Trinajstić information content (AvgIpc) is 2.79. The van der Waals surface area contributed by atoms with Crippen LogP contribution in [-0.2, 0) is 0 Å². The molecule has 19 heteroatoms. The van der Waals surface area contributed by atoms with Gasteiger partial charge in [0.1, 0.15) is 12.4 Å². The number of halogens is 1. The van der Waals surface area contributed by atoms with Gasteiger partial charge in [-0.25, -0.2) is 9.97 Å². The molecule has 2 rings (SSSR count). The van der Waals surface area contributed by atoms with Crippen molar-refractivity contribution in [3.05, 3.63) is 70.1 Å². The molecule has 0 atom stereocenters. The van der Waals surface area contributed by atoms with Crippen molar-refractivity contribution < 1.29 is 19.7 Å². The van der Waals surface area contributed by atoms with Gasteiger partial charge in [0, 0.05) is 26.2 Å². The van der Waals surface area contributed by atoms with Gasteiger partial charge in [0.05, 0.1) is 31.8 Å². The third-order valence-electron chi connectivity index (χ3n) is 3.90. The number of nitrogens with zero attached hydrogens (tertiary/aromatic N) is 8. The zero-order chi connectivity index (χ0) is 28.7. The molecule has 18 nitrogen and oxygen atoms in total. The van der Waals surface area contributed by atoms with Gasteiger partial charge in [-0.1, -0.05) is 19.0 Å². The van der Waals surface area contributed by atoms with Crippen molar-refractivity contribution in [1.82, 2.24) is 19.8 Å². The lowest BCUT2D eigenvalue weighted by atomic mass is 10.3. The Kier molecular flexibility index (Phi) is 17.2. The van der Waals surface area contributed by atoms with Crippen molar-refractivity contribution >= 4 is 40.2 Å². The fourth-order valence-corrected chi connectivity index (χ4v) is 2.30. The topological polar surface area (TPSA) is 243 Å². The van der Waals surface area contributed by atoms with Gasteiger partial charge in [-0.3, -0.25) is 40.5 Å². The molecule has 0 aliphatic heterocycles. The molecule has 0 saturated heterocycles. The standard InChI is InChI=1S/C9H13N5O4.C5H2ClN3O4.C4H12N2.CH4/c1-12(2)4-3-10-9-8(14(17)18)5-7(6-11-9)13(15)16;6-5-4(9(12)13)1-3(2-7-5)8(10)11;1-6(2)4-3-5;/h5-6H,3-4H2,1-2H3,(H,10,11);1-2H;3-5H2,1-2H3;1H4. The first kappa shape index (κ1) is 36.0. The molecule has 212 valence electrons. The van der Waals surface area contributed by atoms with E-state index in [-0.39, 0.29) is 18.4 Å². The first-order valence-corrected chi connectivity index (χ1v) is 10.6. The number of hydrogen-bond donors (Lipinski definition) is 2. The molecule has 0 aliphatic rings. The summed E-state index contributed by atoms with van der Waals surface area (Å²) in [5.74, 6) is 0.0347. The molecule has 2 aromatic rings. The molecule has 0 spiro atoms.